The van der Waals surface area contributed by atoms with Gasteiger partial charge in [0.1, 0.15) is 12.4 Å². The van der Waals surface area contributed by atoms with Crippen LogP contribution in [0.3, 0.4) is 0 Å². The Morgan fingerprint density at radius 3 is 2.38 bits per heavy atom. The molecular weight excluding hydrogens is 279 g/mol. The number of aromatic nitrogens is 1. The largest absolute Gasteiger partial charge is 0.405 e. The summed E-state index contributed by atoms with van der Waals surface area (Å²) in [7, 11) is 0. The van der Waals surface area contributed by atoms with Crippen molar-refractivity contribution >= 4 is 5.82 Å². The first kappa shape index (κ1) is 17.8. The van der Waals surface area contributed by atoms with Crippen molar-refractivity contribution in [2.45, 2.75) is 53.4 Å². The molecular formula is C15H24F3N3. The van der Waals surface area contributed by atoms with Crippen LogP contribution in [0.4, 0.5) is 19.0 Å². The van der Waals surface area contributed by atoms with Gasteiger partial charge in [-0.25, -0.2) is 4.98 Å². The van der Waals surface area contributed by atoms with Crippen LogP contribution in [0.25, 0.3) is 0 Å². The Balaban J connectivity index is 3.17. The Hall–Kier alpha value is -1.30. The van der Waals surface area contributed by atoms with E-state index in [1.807, 2.05) is 26.8 Å². The number of aryl methyl sites for hydroxylation is 2. The Morgan fingerprint density at radius 2 is 1.90 bits per heavy atom. The van der Waals surface area contributed by atoms with Crippen LogP contribution in [-0.4, -0.2) is 30.3 Å². The first-order valence-electron chi connectivity index (χ1n) is 7.16. The molecule has 3 nitrogen and oxygen atoms in total. The molecule has 1 aromatic rings. The first-order chi connectivity index (χ1) is 9.64. The van der Waals surface area contributed by atoms with Gasteiger partial charge >= 0.3 is 6.18 Å². The van der Waals surface area contributed by atoms with E-state index in [0.29, 0.717) is 12.4 Å². The number of anilines is 1. The summed E-state index contributed by atoms with van der Waals surface area (Å²) in [6.45, 7) is 9.24. The van der Waals surface area contributed by atoms with Gasteiger partial charge in [0.2, 0.25) is 0 Å². The van der Waals surface area contributed by atoms with Gasteiger partial charge in [-0.3, -0.25) is 0 Å². The molecule has 0 unspecified atom stereocenters. The molecule has 0 amide bonds. The number of pyridine rings is 1. The Labute approximate surface area is 124 Å². The average Bonchev–Trinajstić information content (AvgIpc) is 2.32. The fourth-order valence-electron chi connectivity index (χ4n) is 2.18. The van der Waals surface area contributed by atoms with E-state index >= 15 is 0 Å². The number of nitrogens with zero attached hydrogens (tertiary/aromatic N) is 2. The summed E-state index contributed by atoms with van der Waals surface area (Å²) in [5.74, 6) is 0.431. The molecule has 1 aromatic heterocycles. The van der Waals surface area contributed by atoms with Gasteiger partial charge in [0.05, 0.1) is 0 Å². The zero-order valence-electron chi connectivity index (χ0n) is 13.3. The molecule has 0 aromatic carbocycles. The molecule has 0 atom stereocenters. The van der Waals surface area contributed by atoms with Crippen LogP contribution in [0.2, 0.25) is 0 Å². The summed E-state index contributed by atoms with van der Waals surface area (Å²) in [5.41, 5.74) is 2.53. The summed E-state index contributed by atoms with van der Waals surface area (Å²) in [6.07, 6.45) is -4.24. The zero-order chi connectivity index (χ0) is 16.2. The van der Waals surface area contributed by atoms with Gasteiger partial charge in [0.15, 0.2) is 0 Å². The molecule has 0 radical (unpaired) electrons. The summed E-state index contributed by atoms with van der Waals surface area (Å²) >= 11 is 0. The van der Waals surface area contributed by atoms with Gasteiger partial charge in [-0.15, -0.1) is 0 Å². The molecule has 0 aliphatic carbocycles. The monoisotopic (exact) mass is 303 g/mol. The van der Waals surface area contributed by atoms with Gasteiger partial charge in [-0.1, -0.05) is 13.8 Å². The third-order valence-electron chi connectivity index (χ3n) is 3.19. The molecule has 1 heterocycles. The smallest absolute Gasteiger partial charge is 0.348 e. The second-order valence-electron chi connectivity index (χ2n) is 5.55. The zero-order valence-corrected chi connectivity index (χ0v) is 13.3. The predicted molar refractivity (Wildman–Crippen MR) is 79.6 cm³/mol. The standard InChI is InChI=1S/C15H24F3N3/c1-6-21(9-15(16,17)18)14-13(8-19-10(2)3)11(4)7-12(5)20-14/h7,10,19H,6,8-9H2,1-5H3. The highest BCUT2D eigenvalue weighted by molar-refractivity contribution is 5.51. The number of hydrogen-bond acceptors (Lipinski definition) is 3. The molecule has 0 aliphatic rings. The summed E-state index contributed by atoms with van der Waals surface area (Å²) in [6, 6.07) is 2.17. The fraction of sp³-hybridized carbons (Fsp3) is 0.667. The lowest BCUT2D eigenvalue weighted by atomic mass is 10.1. The van der Waals surface area contributed by atoms with Crippen LogP contribution in [0.15, 0.2) is 6.07 Å². The van der Waals surface area contributed by atoms with Crippen LogP contribution in [0.1, 0.15) is 37.6 Å². The first-order valence-corrected chi connectivity index (χ1v) is 7.16. The predicted octanol–water partition coefficient (Wildman–Crippen LogP) is 3.59. The molecule has 0 bridgehead atoms. The molecule has 1 N–H and O–H groups in total. The Bertz CT molecular complexity index is 470. The van der Waals surface area contributed by atoms with Crippen LogP contribution in [0.5, 0.6) is 0 Å². The second kappa shape index (κ2) is 7.11. The molecule has 120 valence electrons. The highest BCUT2D eigenvalue weighted by Crippen LogP contribution is 2.26. The fourth-order valence-corrected chi connectivity index (χ4v) is 2.18. The van der Waals surface area contributed by atoms with E-state index in [9.17, 15) is 13.2 Å². The molecule has 0 saturated heterocycles. The Kier molecular flexibility index (Phi) is 6.01. The lowest BCUT2D eigenvalue weighted by Crippen LogP contribution is -2.36. The lowest BCUT2D eigenvalue weighted by Gasteiger charge is -2.27. The number of halogens is 3. The highest BCUT2D eigenvalue weighted by atomic mass is 19.4. The molecule has 0 aliphatic heterocycles. The molecule has 21 heavy (non-hydrogen) atoms. The minimum Gasteiger partial charge on any atom is -0.348 e. The van der Waals surface area contributed by atoms with Gasteiger partial charge in [-0.2, -0.15) is 13.2 Å². The average molecular weight is 303 g/mol. The van der Waals surface area contributed by atoms with Crippen molar-refractivity contribution in [1.82, 2.24) is 10.3 Å². The van der Waals surface area contributed by atoms with Gasteiger partial charge in [-0.05, 0) is 32.4 Å². The van der Waals surface area contributed by atoms with Crippen molar-refractivity contribution in [3.8, 4) is 0 Å². The van der Waals surface area contributed by atoms with Crippen LogP contribution >= 0.6 is 0 Å². The third kappa shape index (κ3) is 5.53. The minimum atomic E-state index is -4.24. The maximum atomic E-state index is 12.7. The van der Waals surface area contributed by atoms with Crippen molar-refractivity contribution in [1.29, 1.82) is 0 Å². The van der Waals surface area contributed by atoms with Crippen LogP contribution in [0, 0.1) is 13.8 Å². The second-order valence-corrected chi connectivity index (χ2v) is 5.55. The Morgan fingerprint density at radius 1 is 1.29 bits per heavy atom. The van der Waals surface area contributed by atoms with Crippen molar-refractivity contribution in [2.75, 3.05) is 18.0 Å². The van der Waals surface area contributed by atoms with Crippen LogP contribution in [-0.2, 0) is 6.54 Å². The maximum absolute atomic E-state index is 12.7. The van der Waals surface area contributed by atoms with E-state index in [1.165, 1.54) is 4.90 Å². The van der Waals surface area contributed by atoms with Crippen molar-refractivity contribution in [3.05, 3.63) is 22.9 Å². The molecule has 0 saturated carbocycles. The summed E-state index contributed by atoms with van der Waals surface area (Å²) < 4.78 is 38.2. The normalized spacial score (nSPS) is 12.0. The lowest BCUT2D eigenvalue weighted by molar-refractivity contribution is -0.119. The van der Waals surface area contributed by atoms with Gasteiger partial charge < -0.3 is 10.2 Å². The van der Waals surface area contributed by atoms with E-state index in [2.05, 4.69) is 10.3 Å². The number of rotatable bonds is 6. The van der Waals surface area contributed by atoms with E-state index in [-0.39, 0.29) is 12.6 Å². The SMILES string of the molecule is CCN(CC(F)(F)F)c1nc(C)cc(C)c1CNC(C)C. The highest BCUT2D eigenvalue weighted by Gasteiger charge is 2.31. The number of hydrogen-bond donors (Lipinski definition) is 1. The minimum absolute atomic E-state index is 0.260. The van der Waals surface area contributed by atoms with E-state index in [4.69, 9.17) is 0 Å². The quantitative estimate of drug-likeness (QED) is 0.870. The summed E-state index contributed by atoms with van der Waals surface area (Å²) in [4.78, 5) is 5.64. The van der Waals surface area contributed by atoms with Gasteiger partial charge in [0.25, 0.3) is 0 Å². The summed E-state index contributed by atoms with van der Waals surface area (Å²) in [5, 5.41) is 3.26. The number of alkyl halides is 3. The van der Waals surface area contributed by atoms with Crippen molar-refractivity contribution in [3.63, 3.8) is 0 Å². The topological polar surface area (TPSA) is 28.2 Å². The molecule has 6 heteroatoms. The number of nitrogens with one attached hydrogen (secondary N) is 1. The molecule has 1 rings (SSSR count). The van der Waals surface area contributed by atoms with E-state index in [0.717, 1.165) is 16.8 Å². The molecule has 0 spiro atoms. The third-order valence-corrected chi connectivity index (χ3v) is 3.19. The molecule has 0 fully saturated rings. The maximum Gasteiger partial charge on any atom is 0.405 e. The van der Waals surface area contributed by atoms with Gasteiger partial charge in [0, 0.05) is 30.4 Å². The van der Waals surface area contributed by atoms with E-state index < -0.39 is 12.7 Å². The van der Waals surface area contributed by atoms with E-state index in [1.54, 1.807) is 13.8 Å². The van der Waals surface area contributed by atoms with Crippen molar-refractivity contribution in [2.24, 2.45) is 0 Å². The van der Waals surface area contributed by atoms with Crippen molar-refractivity contribution < 1.29 is 13.2 Å². The van der Waals surface area contributed by atoms with Crippen LogP contribution < -0.4 is 10.2 Å².